The molecule has 130 valence electrons. The van der Waals surface area contributed by atoms with E-state index in [2.05, 4.69) is 10.6 Å². The summed E-state index contributed by atoms with van der Waals surface area (Å²) in [7, 11) is 0. The molecule has 0 fully saturated rings. The summed E-state index contributed by atoms with van der Waals surface area (Å²) in [5.41, 5.74) is 1.47. The summed E-state index contributed by atoms with van der Waals surface area (Å²) in [5.74, 6) is -0.639. The molecule has 0 heterocycles. The minimum absolute atomic E-state index is 0.00610. The highest BCUT2D eigenvalue weighted by Gasteiger charge is 2.14. The lowest BCUT2D eigenvalue weighted by atomic mass is 10.1. The van der Waals surface area contributed by atoms with Gasteiger partial charge in [0.15, 0.2) is 0 Å². The number of aryl methyl sites for hydroxylation is 1. The summed E-state index contributed by atoms with van der Waals surface area (Å²) in [4.78, 5) is 34.0. The van der Waals surface area contributed by atoms with E-state index >= 15 is 0 Å². The molecule has 0 aliphatic heterocycles. The molecule has 7 nitrogen and oxygen atoms in total. The molecule has 0 aliphatic carbocycles. The van der Waals surface area contributed by atoms with Crippen molar-refractivity contribution in [2.24, 2.45) is 0 Å². The van der Waals surface area contributed by atoms with Crippen molar-refractivity contribution in [1.29, 1.82) is 0 Å². The number of nitro benzene ring substituents is 1. The van der Waals surface area contributed by atoms with E-state index in [0.717, 1.165) is 5.56 Å². The molecule has 0 radical (unpaired) electrons. The van der Waals surface area contributed by atoms with E-state index in [9.17, 15) is 19.7 Å². The van der Waals surface area contributed by atoms with E-state index in [-0.39, 0.29) is 41.2 Å². The Hall–Kier alpha value is -2.93. The van der Waals surface area contributed by atoms with Crippen molar-refractivity contribution in [3.05, 3.63) is 68.7 Å². The van der Waals surface area contributed by atoms with Crippen LogP contribution in [0.3, 0.4) is 0 Å². The molecule has 0 spiro atoms. The maximum Gasteiger partial charge on any atom is 0.289 e. The van der Waals surface area contributed by atoms with Crippen molar-refractivity contribution < 1.29 is 14.5 Å². The van der Waals surface area contributed by atoms with Crippen molar-refractivity contribution in [1.82, 2.24) is 5.32 Å². The highest BCUT2D eigenvalue weighted by atomic mass is 35.5. The number of rotatable bonds is 6. The average molecular weight is 362 g/mol. The van der Waals surface area contributed by atoms with Gasteiger partial charge in [-0.15, -0.1) is 0 Å². The van der Waals surface area contributed by atoms with Crippen LogP contribution in [0.5, 0.6) is 0 Å². The van der Waals surface area contributed by atoms with Gasteiger partial charge in [-0.3, -0.25) is 19.7 Å². The molecule has 2 amide bonds. The molecule has 2 N–H and O–H groups in total. The van der Waals surface area contributed by atoms with Gasteiger partial charge in [0.25, 0.3) is 11.6 Å². The minimum atomic E-state index is -0.625. The number of carbonyl (C=O) groups excluding carboxylic acids is 2. The van der Waals surface area contributed by atoms with Gasteiger partial charge in [0.2, 0.25) is 5.91 Å². The van der Waals surface area contributed by atoms with Gasteiger partial charge in [0.1, 0.15) is 5.02 Å². The van der Waals surface area contributed by atoms with Crippen LogP contribution in [-0.4, -0.2) is 23.3 Å². The lowest BCUT2D eigenvalue weighted by molar-refractivity contribution is -0.384. The lowest BCUT2D eigenvalue weighted by Gasteiger charge is -2.07. The topological polar surface area (TPSA) is 101 Å². The third-order valence-electron chi connectivity index (χ3n) is 3.34. The molecule has 0 aromatic heterocycles. The van der Waals surface area contributed by atoms with Crippen LogP contribution in [0.1, 0.15) is 22.3 Å². The zero-order chi connectivity index (χ0) is 18.4. The van der Waals surface area contributed by atoms with Crippen LogP contribution >= 0.6 is 11.6 Å². The minimum Gasteiger partial charge on any atom is -0.352 e. The summed E-state index contributed by atoms with van der Waals surface area (Å²) in [6.07, 6.45) is 0.0357. The second-order valence-corrected chi connectivity index (χ2v) is 5.75. The normalized spacial score (nSPS) is 10.2. The van der Waals surface area contributed by atoms with Crippen molar-refractivity contribution >= 4 is 34.8 Å². The molecular formula is C17H16ClN3O4. The maximum atomic E-state index is 12.0. The van der Waals surface area contributed by atoms with Gasteiger partial charge in [-0.05, 0) is 31.2 Å². The highest BCUT2D eigenvalue weighted by Crippen LogP contribution is 2.27. The third kappa shape index (κ3) is 5.29. The lowest BCUT2D eigenvalue weighted by Crippen LogP contribution is -2.27. The Morgan fingerprint density at radius 2 is 1.96 bits per heavy atom. The number of nitrogens with one attached hydrogen (secondary N) is 2. The van der Waals surface area contributed by atoms with Crippen LogP contribution in [0.4, 0.5) is 11.4 Å². The molecule has 2 rings (SSSR count). The number of nitro groups is 1. The number of benzene rings is 2. The molecule has 0 aliphatic rings. The van der Waals surface area contributed by atoms with Gasteiger partial charge in [-0.25, -0.2) is 0 Å². The van der Waals surface area contributed by atoms with E-state index in [1.165, 1.54) is 18.2 Å². The van der Waals surface area contributed by atoms with Crippen LogP contribution in [0.2, 0.25) is 5.02 Å². The Labute approximate surface area is 149 Å². The van der Waals surface area contributed by atoms with E-state index < -0.39 is 4.92 Å². The van der Waals surface area contributed by atoms with E-state index in [0.29, 0.717) is 5.56 Å². The van der Waals surface area contributed by atoms with Gasteiger partial charge < -0.3 is 10.6 Å². The van der Waals surface area contributed by atoms with E-state index in [1.807, 2.05) is 13.0 Å². The molecule has 25 heavy (non-hydrogen) atoms. The van der Waals surface area contributed by atoms with Crippen molar-refractivity contribution in [2.75, 3.05) is 11.9 Å². The number of anilines is 1. The molecular weight excluding hydrogens is 346 g/mol. The van der Waals surface area contributed by atoms with Gasteiger partial charge in [-0.2, -0.15) is 0 Å². The van der Waals surface area contributed by atoms with Crippen molar-refractivity contribution in [2.45, 2.75) is 13.3 Å². The Morgan fingerprint density at radius 3 is 2.64 bits per heavy atom. The van der Waals surface area contributed by atoms with E-state index in [1.54, 1.807) is 18.2 Å². The first-order valence-corrected chi connectivity index (χ1v) is 7.83. The monoisotopic (exact) mass is 361 g/mol. The third-order valence-corrected chi connectivity index (χ3v) is 3.66. The van der Waals surface area contributed by atoms with Gasteiger partial charge in [-0.1, -0.05) is 29.3 Å². The predicted octanol–water partition coefficient (Wildman–Crippen LogP) is 3.32. The summed E-state index contributed by atoms with van der Waals surface area (Å²) in [5, 5.41) is 16.0. The summed E-state index contributed by atoms with van der Waals surface area (Å²) in [6, 6.07) is 11.1. The number of halogens is 1. The standard InChI is InChI=1S/C17H16ClN3O4/c1-11-3-2-4-12(9-11)17(23)19-8-7-16(22)20-13-5-6-14(18)15(10-13)21(24)25/h2-6,9-10H,7-8H2,1H3,(H,19,23)(H,20,22). The number of amides is 2. The first kappa shape index (κ1) is 18.4. The Balaban J connectivity index is 1.86. The summed E-state index contributed by atoms with van der Waals surface area (Å²) in [6.45, 7) is 2.03. The fraction of sp³-hybridized carbons (Fsp3) is 0.176. The molecule has 0 atom stereocenters. The molecule has 0 saturated carbocycles. The van der Waals surface area contributed by atoms with Crippen molar-refractivity contribution in [3.63, 3.8) is 0 Å². The molecule has 2 aromatic rings. The van der Waals surface area contributed by atoms with Crippen LogP contribution < -0.4 is 10.6 Å². The molecule has 0 bridgehead atoms. The Morgan fingerprint density at radius 1 is 1.20 bits per heavy atom. The zero-order valence-electron chi connectivity index (χ0n) is 13.4. The molecule has 0 unspecified atom stereocenters. The predicted molar refractivity (Wildman–Crippen MR) is 94.9 cm³/mol. The largest absolute Gasteiger partial charge is 0.352 e. The number of hydrogen-bond donors (Lipinski definition) is 2. The number of hydrogen-bond acceptors (Lipinski definition) is 4. The fourth-order valence-corrected chi connectivity index (χ4v) is 2.32. The van der Waals surface area contributed by atoms with Gasteiger partial charge >= 0.3 is 0 Å². The smallest absolute Gasteiger partial charge is 0.289 e. The first-order valence-electron chi connectivity index (χ1n) is 7.45. The van der Waals surface area contributed by atoms with E-state index in [4.69, 9.17) is 11.6 Å². The van der Waals surface area contributed by atoms with Crippen LogP contribution in [0, 0.1) is 17.0 Å². The first-order chi connectivity index (χ1) is 11.9. The van der Waals surface area contributed by atoms with Crippen LogP contribution in [-0.2, 0) is 4.79 Å². The Bertz CT molecular complexity index is 823. The summed E-state index contributed by atoms with van der Waals surface area (Å²) < 4.78 is 0. The second-order valence-electron chi connectivity index (χ2n) is 5.35. The average Bonchev–Trinajstić information content (AvgIpc) is 2.56. The molecule has 2 aromatic carbocycles. The maximum absolute atomic E-state index is 12.0. The Kier molecular flexibility index (Phi) is 6.08. The zero-order valence-corrected chi connectivity index (χ0v) is 14.2. The quantitative estimate of drug-likeness (QED) is 0.608. The van der Waals surface area contributed by atoms with Gasteiger partial charge in [0.05, 0.1) is 4.92 Å². The molecule has 8 heteroatoms. The molecule has 0 saturated heterocycles. The number of carbonyl (C=O) groups is 2. The number of nitrogens with zero attached hydrogens (tertiary/aromatic N) is 1. The summed E-state index contributed by atoms with van der Waals surface area (Å²) >= 11 is 5.71. The van der Waals surface area contributed by atoms with Crippen LogP contribution in [0.15, 0.2) is 42.5 Å². The van der Waals surface area contributed by atoms with Crippen molar-refractivity contribution in [3.8, 4) is 0 Å². The second kappa shape index (κ2) is 8.25. The SMILES string of the molecule is Cc1cccc(C(=O)NCCC(=O)Nc2ccc(Cl)c([N+](=O)[O-])c2)c1. The van der Waals surface area contributed by atoms with Gasteiger partial charge in [0, 0.05) is 30.3 Å². The fourth-order valence-electron chi connectivity index (χ4n) is 2.13. The van der Waals surface area contributed by atoms with Crippen LogP contribution in [0.25, 0.3) is 0 Å². The highest BCUT2D eigenvalue weighted by molar-refractivity contribution is 6.32.